The molecule has 0 spiro atoms. The molecule has 0 aromatic heterocycles. The smallest absolute Gasteiger partial charge is 0.306 e. The molecule has 0 aromatic carbocycles. The third-order valence-electron chi connectivity index (χ3n) is 11.2. The number of hydrogen-bond donors (Lipinski definition) is 3. The molecule has 3 N–H and O–H groups in total. The van der Waals surface area contributed by atoms with Crippen molar-refractivity contribution in [1.29, 1.82) is 0 Å². The minimum absolute atomic E-state index is 0.130. The molecule has 0 aliphatic carbocycles. The second-order valence-electron chi connectivity index (χ2n) is 18.2. The van der Waals surface area contributed by atoms with Gasteiger partial charge in [-0.2, -0.15) is 0 Å². The van der Waals surface area contributed by atoms with Crippen LogP contribution in [0.5, 0.6) is 0 Å². The highest BCUT2D eigenvalue weighted by Gasteiger charge is 2.45. The molecule has 1 unspecified atom stereocenters. The number of nitrogens with zero attached hydrogens (tertiary/aromatic N) is 1. The van der Waals surface area contributed by atoms with Gasteiger partial charge in [0.15, 0.2) is 12.4 Å². The Kier molecular flexibility index (Phi) is 34.2. The highest BCUT2D eigenvalue weighted by Crippen LogP contribution is 2.39. The SMILES string of the molecule is CCCCCCCCCCCCCCCC(=O)OC[C@H](CO[C@H]1O[C@H](COP(=O)([O-])OCC[N+](C)(C)C)[C@@H](O)[C@H](O)[C@H]1O)OC(=O)CCCCCCCCCCCCCCC. The fraction of sp³-hybridized carbons (Fsp3) is 0.957. The minimum atomic E-state index is -4.78. The number of rotatable bonds is 41. The van der Waals surface area contributed by atoms with E-state index < -0.39 is 63.2 Å². The van der Waals surface area contributed by atoms with Crippen LogP contribution >= 0.6 is 7.82 Å². The van der Waals surface area contributed by atoms with Crippen LogP contribution in [0.4, 0.5) is 0 Å². The maximum Gasteiger partial charge on any atom is 0.306 e. The lowest BCUT2D eigenvalue weighted by molar-refractivity contribution is -0.870. The molecule has 0 radical (unpaired) electrons. The van der Waals surface area contributed by atoms with Crippen LogP contribution in [0.2, 0.25) is 0 Å². The van der Waals surface area contributed by atoms with Crippen LogP contribution in [0.25, 0.3) is 0 Å². The van der Waals surface area contributed by atoms with E-state index in [0.29, 0.717) is 23.9 Å². The number of aliphatic hydroxyl groups excluding tert-OH is 3. The van der Waals surface area contributed by atoms with Crippen LogP contribution in [0.1, 0.15) is 194 Å². The molecule has 7 atom stereocenters. The fourth-order valence-electron chi connectivity index (χ4n) is 7.22. The first-order valence-corrected chi connectivity index (χ1v) is 25.7. The molecule has 1 aliphatic heterocycles. The van der Waals surface area contributed by atoms with Crippen molar-refractivity contribution in [3.8, 4) is 0 Å². The van der Waals surface area contributed by atoms with Gasteiger partial charge in [0.25, 0.3) is 7.82 Å². The van der Waals surface area contributed by atoms with Crippen LogP contribution in [0.15, 0.2) is 0 Å². The summed E-state index contributed by atoms with van der Waals surface area (Å²) in [5, 5.41) is 31.7. The topological polar surface area (TPSA) is 190 Å². The molecule has 1 aliphatic rings. The number of hydrogen-bond acceptors (Lipinski definition) is 13. The summed E-state index contributed by atoms with van der Waals surface area (Å²) in [5.41, 5.74) is 0. The summed E-state index contributed by atoms with van der Waals surface area (Å²) in [6.07, 6.45) is 22.0. The van der Waals surface area contributed by atoms with E-state index in [1.807, 2.05) is 21.1 Å². The summed E-state index contributed by atoms with van der Waals surface area (Å²) in [7, 11) is 0.829. The minimum Gasteiger partial charge on any atom is -0.756 e. The largest absolute Gasteiger partial charge is 0.756 e. The summed E-state index contributed by atoms with van der Waals surface area (Å²) in [4.78, 5) is 38.0. The van der Waals surface area contributed by atoms with E-state index in [4.69, 9.17) is 28.0 Å². The van der Waals surface area contributed by atoms with Crippen LogP contribution in [-0.4, -0.2) is 123 Å². The molecule has 0 saturated carbocycles. The van der Waals surface area contributed by atoms with E-state index in [1.54, 1.807) is 0 Å². The lowest BCUT2D eigenvalue weighted by Crippen LogP contribution is -2.59. The first kappa shape index (κ1) is 57.8. The molecule has 61 heavy (non-hydrogen) atoms. The normalized spacial score (nSPS) is 21.0. The number of unbranched alkanes of at least 4 members (excludes halogenated alkanes) is 24. The van der Waals surface area contributed by atoms with E-state index in [0.717, 1.165) is 38.5 Å². The summed E-state index contributed by atoms with van der Waals surface area (Å²) < 4.78 is 45.2. The van der Waals surface area contributed by atoms with Crippen molar-refractivity contribution < 1.29 is 66.8 Å². The summed E-state index contributed by atoms with van der Waals surface area (Å²) in [6, 6.07) is 0. The Morgan fingerprint density at radius 3 is 1.48 bits per heavy atom. The zero-order chi connectivity index (χ0) is 45.2. The Bertz CT molecular complexity index is 1130. The number of aliphatic hydroxyl groups is 3. The molecular formula is C46H90NO13P. The van der Waals surface area contributed by atoms with E-state index in [2.05, 4.69) is 13.8 Å². The van der Waals surface area contributed by atoms with Gasteiger partial charge in [0, 0.05) is 12.8 Å². The maximum atomic E-state index is 12.9. The Labute approximate surface area is 370 Å². The summed E-state index contributed by atoms with van der Waals surface area (Å²) >= 11 is 0. The molecule has 1 rings (SSSR count). The number of phosphoric ester groups is 1. The molecule has 15 heteroatoms. The lowest BCUT2D eigenvalue weighted by Gasteiger charge is -2.41. The number of carbonyl (C=O) groups excluding carboxylic acids is 2. The number of likely N-dealkylation sites (N-methyl/N-ethyl adjacent to an activating group) is 1. The zero-order valence-corrected chi connectivity index (χ0v) is 40.0. The van der Waals surface area contributed by atoms with Gasteiger partial charge >= 0.3 is 11.9 Å². The molecule has 1 saturated heterocycles. The van der Waals surface area contributed by atoms with Gasteiger partial charge in [-0.1, -0.05) is 168 Å². The van der Waals surface area contributed by atoms with Crippen LogP contribution < -0.4 is 4.89 Å². The zero-order valence-electron chi connectivity index (χ0n) is 39.1. The average Bonchev–Trinajstić information content (AvgIpc) is 3.21. The average molecular weight is 896 g/mol. The van der Waals surface area contributed by atoms with Crippen molar-refractivity contribution in [2.75, 3.05) is 54.1 Å². The van der Waals surface area contributed by atoms with E-state index in [-0.39, 0.29) is 32.7 Å². The molecule has 362 valence electrons. The maximum absolute atomic E-state index is 12.9. The van der Waals surface area contributed by atoms with Crippen LogP contribution in [0, 0.1) is 0 Å². The standard InChI is InChI=1S/C46H90NO13P/c1-6-8-10-12-14-16-18-20-22-24-26-28-30-32-41(48)55-36-39(59-42(49)33-31-29-27-25-23-21-19-17-15-13-11-9-7-2)37-56-46-45(52)44(51)43(50)40(60-46)38-58-61(53,54)57-35-34-47(3,4)5/h39-40,43-46,50-52H,6-38H2,1-5H3/t39-,40-,43-,44+,45-,46+/m1/s1. The molecule has 0 amide bonds. The van der Waals surface area contributed by atoms with Crippen LogP contribution in [0.3, 0.4) is 0 Å². The third kappa shape index (κ3) is 32.2. The Morgan fingerprint density at radius 2 is 1.03 bits per heavy atom. The van der Waals surface area contributed by atoms with Gasteiger partial charge in [0.2, 0.25) is 0 Å². The van der Waals surface area contributed by atoms with E-state index in [1.165, 1.54) is 116 Å². The number of carbonyl (C=O) groups is 2. The van der Waals surface area contributed by atoms with E-state index in [9.17, 15) is 34.4 Å². The predicted octanol–water partition coefficient (Wildman–Crippen LogP) is 8.44. The van der Waals surface area contributed by atoms with Gasteiger partial charge in [0.1, 0.15) is 44.2 Å². The Hall–Kier alpha value is -1.19. The van der Waals surface area contributed by atoms with Crippen molar-refractivity contribution in [2.45, 2.75) is 230 Å². The Morgan fingerprint density at radius 1 is 0.607 bits per heavy atom. The lowest BCUT2D eigenvalue weighted by atomic mass is 9.99. The van der Waals surface area contributed by atoms with Gasteiger partial charge in [-0.25, -0.2) is 0 Å². The van der Waals surface area contributed by atoms with Crippen molar-refractivity contribution in [2.24, 2.45) is 0 Å². The first-order valence-electron chi connectivity index (χ1n) is 24.3. The van der Waals surface area contributed by atoms with Crippen molar-refractivity contribution in [3.63, 3.8) is 0 Å². The third-order valence-corrected chi connectivity index (χ3v) is 12.2. The van der Waals surface area contributed by atoms with Gasteiger partial charge < -0.3 is 52.7 Å². The Balaban J connectivity index is 2.60. The molecule has 14 nitrogen and oxygen atoms in total. The fourth-order valence-corrected chi connectivity index (χ4v) is 7.93. The second-order valence-corrected chi connectivity index (χ2v) is 19.6. The quantitative estimate of drug-likeness (QED) is 0.0230. The van der Waals surface area contributed by atoms with Gasteiger partial charge in [0.05, 0.1) is 34.4 Å². The number of quaternary nitrogens is 1. The van der Waals surface area contributed by atoms with Crippen molar-refractivity contribution in [1.82, 2.24) is 0 Å². The van der Waals surface area contributed by atoms with Crippen molar-refractivity contribution >= 4 is 19.8 Å². The molecule has 1 fully saturated rings. The van der Waals surface area contributed by atoms with Crippen LogP contribution in [-0.2, 0) is 42.1 Å². The van der Waals surface area contributed by atoms with E-state index >= 15 is 0 Å². The monoisotopic (exact) mass is 896 g/mol. The summed E-state index contributed by atoms with van der Waals surface area (Å²) in [5.74, 6) is -0.899. The van der Waals surface area contributed by atoms with Gasteiger partial charge in [-0.15, -0.1) is 0 Å². The molecule has 0 bridgehead atoms. The van der Waals surface area contributed by atoms with Gasteiger partial charge in [-0.3, -0.25) is 14.2 Å². The highest BCUT2D eigenvalue weighted by molar-refractivity contribution is 7.45. The summed E-state index contributed by atoms with van der Waals surface area (Å²) in [6.45, 7) is 3.35. The number of ether oxygens (including phenoxy) is 4. The molecular weight excluding hydrogens is 805 g/mol. The molecule has 1 heterocycles. The van der Waals surface area contributed by atoms with Crippen molar-refractivity contribution in [3.05, 3.63) is 0 Å². The number of phosphoric acid groups is 1. The number of esters is 2. The molecule has 0 aromatic rings. The second kappa shape index (κ2) is 36.1. The predicted molar refractivity (Wildman–Crippen MR) is 237 cm³/mol. The highest BCUT2D eigenvalue weighted by atomic mass is 31.2. The first-order chi connectivity index (χ1) is 29.2. The van der Waals surface area contributed by atoms with Gasteiger partial charge in [-0.05, 0) is 12.8 Å².